The van der Waals surface area contributed by atoms with Crippen molar-refractivity contribution in [3.63, 3.8) is 0 Å². The van der Waals surface area contributed by atoms with Gasteiger partial charge >= 0.3 is 0 Å². The zero-order valence-corrected chi connectivity index (χ0v) is 14.3. The molecule has 3 nitrogen and oxygen atoms in total. The average Bonchev–Trinajstić information content (AvgIpc) is 2.66. The zero-order valence-electron chi connectivity index (χ0n) is 14.3. The third-order valence-corrected chi connectivity index (χ3v) is 6.37. The maximum Gasteiger partial charge on any atom is 0.119 e. The summed E-state index contributed by atoms with van der Waals surface area (Å²) >= 11 is 0. The molecule has 24 heavy (non-hydrogen) atoms. The number of rotatable bonds is 4. The van der Waals surface area contributed by atoms with Crippen molar-refractivity contribution in [3.05, 3.63) is 48.7 Å². The molecule has 3 fully saturated rings. The van der Waals surface area contributed by atoms with Gasteiger partial charge in [-0.25, -0.2) is 0 Å². The van der Waals surface area contributed by atoms with E-state index in [-0.39, 0.29) is 6.04 Å². The number of benzene rings is 1. The number of methoxy groups -OCH3 is 1. The van der Waals surface area contributed by atoms with E-state index in [2.05, 4.69) is 29.8 Å². The molecule has 2 N–H and O–H groups in total. The topological polar surface area (TPSA) is 48.1 Å². The van der Waals surface area contributed by atoms with Crippen LogP contribution in [-0.2, 0) is 0 Å². The molecule has 1 heterocycles. The Morgan fingerprint density at radius 1 is 1.25 bits per heavy atom. The van der Waals surface area contributed by atoms with E-state index in [0.29, 0.717) is 11.8 Å². The maximum atomic E-state index is 6.81. The number of hydrogen-bond acceptors (Lipinski definition) is 3. The fraction of sp³-hybridized carbons (Fsp3) is 0.476. The van der Waals surface area contributed by atoms with Gasteiger partial charge in [-0.1, -0.05) is 6.08 Å². The molecule has 5 atom stereocenters. The lowest BCUT2D eigenvalue weighted by Crippen LogP contribution is -2.41. The van der Waals surface area contributed by atoms with Crippen LogP contribution in [0.2, 0.25) is 0 Å². The molecule has 4 unspecified atom stereocenters. The lowest BCUT2D eigenvalue weighted by atomic mass is 9.57. The van der Waals surface area contributed by atoms with Crippen molar-refractivity contribution in [2.45, 2.75) is 31.7 Å². The first-order chi connectivity index (χ1) is 11.7. The van der Waals surface area contributed by atoms with Gasteiger partial charge in [0.15, 0.2) is 0 Å². The largest absolute Gasteiger partial charge is 0.497 e. The van der Waals surface area contributed by atoms with Crippen LogP contribution < -0.4 is 10.5 Å². The minimum absolute atomic E-state index is 0.0705. The quantitative estimate of drug-likeness (QED) is 0.844. The molecule has 0 aliphatic heterocycles. The molecule has 3 saturated carbocycles. The Morgan fingerprint density at radius 2 is 2.08 bits per heavy atom. The second-order valence-corrected chi connectivity index (χ2v) is 7.44. The molecule has 2 aromatic rings. The van der Waals surface area contributed by atoms with Crippen molar-refractivity contribution >= 4 is 10.9 Å². The van der Waals surface area contributed by atoms with Gasteiger partial charge < -0.3 is 10.5 Å². The first-order valence-corrected chi connectivity index (χ1v) is 9.02. The number of ether oxygens (including phenoxy) is 1. The summed E-state index contributed by atoms with van der Waals surface area (Å²) in [5.41, 5.74) is 9.01. The Balaban J connectivity index is 1.69. The monoisotopic (exact) mass is 322 g/mol. The molecular weight excluding hydrogens is 296 g/mol. The Kier molecular flexibility index (Phi) is 4.05. The first kappa shape index (κ1) is 15.6. The summed E-state index contributed by atoms with van der Waals surface area (Å²) in [6.45, 7) is 4.04. The van der Waals surface area contributed by atoms with E-state index in [4.69, 9.17) is 10.5 Å². The maximum absolute atomic E-state index is 6.81. The van der Waals surface area contributed by atoms with E-state index >= 15 is 0 Å². The minimum Gasteiger partial charge on any atom is -0.497 e. The highest BCUT2D eigenvalue weighted by atomic mass is 16.5. The summed E-state index contributed by atoms with van der Waals surface area (Å²) in [6.07, 6.45) is 9.22. The zero-order chi connectivity index (χ0) is 16.7. The van der Waals surface area contributed by atoms with Crippen molar-refractivity contribution in [2.24, 2.45) is 29.4 Å². The predicted molar refractivity (Wildman–Crippen MR) is 97.8 cm³/mol. The summed E-state index contributed by atoms with van der Waals surface area (Å²) in [5, 5.41) is 1.13. The van der Waals surface area contributed by atoms with Gasteiger partial charge in [-0.15, -0.1) is 6.58 Å². The normalized spacial score (nSPS) is 30.2. The van der Waals surface area contributed by atoms with E-state index in [1.165, 1.54) is 31.2 Å². The molecule has 0 amide bonds. The molecule has 5 rings (SSSR count). The fourth-order valence-electron chi connectivity index (χ4n) is 5.05. The van der Waals surface area contributed by atoms with Gasteiger partial charge in [0.1, 0.15) is 5.75 Å². The highest BCUT2D eigenvalue weighted by molar-refractivity contribution is 5.84. The lowest BCUT2D eigenvalue weighted by molar-refractivity contribution is 0.0479. The number of nitrogens with two attached hydrogens (primary N) is 1. The van der Waals surface area contributed by atoms with E-state index in [9.17, 15) is 0 Å². The molecule has 3 aliphatic carbocycles. The van der Waals surface area contributed by atoms with Crippen molar-refractivity contribution < 1.29 is 4.74 Å². The number of pyridine rings is 1. The van der Waals surface area contributed by atoms with Crippen LogP contribution in [0, 0.1) is 23.7 Å². The van der Waals surface area contributed by atoms with Crippen molar-refractivity contribution in [2.75, 3.05) is 7.11 Å². The van der Waals surface area contributed by atoms with E-state index < -0.39 is 0 Å². The van der Waals surface area contributed by atoms with Crippen LogP contribution in [0.25, 0.3) is 10.9 Å². The van der Waals surface area contributed by atoms with E-state index in [1.807, 2.05) is 18.3 Å². The second kappa shape index (κ2) is 6.21. The highest BCUT2D eigenvalue weighted by Gasteiger charge is 2.43. The molecule has 3 aliphatic rings. The van der Waals surface area contributed by atoms with Crippen LogP contribution in [0.1, 0.15) is 37.3 Å². The van der Waals surface area contributed by atoms with Gasteiger partial charge in [0.05, 0.1) is 12.6 Å². The predicted octanol–water partition coefficient (Wildman–Crippen LogP) is 4.48. The highest BCUT2D eigenvalue weighted by Crippen LogP contribution is 2.52. The van der Waals surface area contributed by atoms with Crippen molar-refractivity contribution in [1.82, 2.24) is 4.98 Å². The van der Waals surface area contributed by atoms with Gasteiger partial charge in [0.2, 0.25) is 0 Å². The molecule has 3 heteroatoms. The second-order valence-electron chi connectivity index (χ2n) is 7.44. The fourth-order valence-corrected chi connectivity index (χ4v) is 5.05. The van der Waals surface area contributed by atoms with E-state index in [1.54, 1.807) is 7.11 Å². The van der Waals surface area contributed by atoms with Crippen molar-refractivity contribution in [3.8, 4) is 5.75 Å². The molecule has 1 aromatic carbocycles. The number of fused-ring (bicyclic) bond motifs is 4. The molecule has 0 radical (unpaired) electrons. The van der Waals surface area contributed by atoms with Gasteiger partial charge in [-0.3, -0.25) is 4.98 Å². The Labute approximate surface area is 143 Å². The van der Waals surface area contributed by atoms with Crippen LogP contribution >= 0.6 is 0 Å². The van der Waals surface area contributed by atoms with Gasteiger partial charge in [-0.05, 0) is 79.2 Å². The summed E-state index contributed by atoms with van der Waals surface area (Å²) in [6, 6.07) is 8.22. The molecule has 0 spiro atoms. The third kappa shape index (κ3) is 2.51. The summed E-state index contributed by atoms with van der Waals surface area (Å²) in [4.78, 5) is 4.49. The molecule has 2 bridgehead atoms. The smallest absolute Gasteiger partial charge is 0.119 e. The lowest BCUT2D eigenvalue weighted by Gasteiger charge is -2.48. The third-order valence-electron chi connectivity index (χ3n) is 6.37. The molecule has 1 aromatic heterocycles. The summed E-state index contributed by atoms with van der Waals surface area (Å²) in [5.74, 6) is 3.62. The van der Waals surface area contributed by atoms with Crippen LogP contribution in [0.3, 0.4) is 0 Å². The van der Waals surface area contributed by atoms with Gasteiger partial charge in [0.25, 0.3) is 0 Å². The van der Waals surface area contributed by atoms with Gasteiger partial charge in [-0.2, -0.15) is 0 Å². The van der Waals surface area contributed by atoms with Crippen LogP contribution in [0.4, 0.5) is 0 Å². The summed E-state index contributed by atoms with van der Waals surface area (Å²) < 4.78 is 5.40. The standard InChI is InChI=1S/C21H26N2O/c1-3-13-10-15-5-4-14(13)11-18(15)21(22)17-8-9-23-20-7-6-16(24-2)12-19(17)20/h3,6-9,12-15,18,21H,1,4-5,10-11,22H2,2H3/t13?,14?,15?,18?,21-/m0/s1. The first-order valence-electron chi connectivity index (χ1n) is 9.02. The van der Waals surface area contributed by atoms with Crippen LogP contribution in [-0.4, -0.2) is 12.1 Å². The van der Waals surface area contributed by atoms with E-state index in [0.717, 1.165) is 28.5 Å². The number of nitrogens with zero attached hydrogens (tertiary/aromatic N) is 1. The Hall–Kier alpha value is -1.87. The molecule has 0 saturated heterocycles. The number of hydrogen-bond donors (Lipinski definition) is 1. The van der Waals surface area contributed by atoms with Gasteiger partial charge in [0, 0.05) is 17.6 Å². The molecule has 126 valence electrons. The SMILES string of the molecule is C=CC1CC2CCC1CC2[C@@H](N)c1ccnc2ccc(OC)cc12. The summed E-state index contributed by atoms with van der Waals surface area (Å²) in [7, 11) is 1.70. The average molecular weight is 322 g/mol. The number of allylic oxidation sites excluding steroid dienone is 1. The number of aromatic nitrogens is 1. The van der Waals surface area contributed by atoms with Crippen molar-refractivity contribution in [1.29, 1.82) is 0 Å². The Bertz CT molecular complexity index is 757. The minimum atomic E-state index is 0.0705. The molecular formula is C21H26N2O. The van der Waals surface area contributed by atoms with Crippen LogP contribution in [0.15, 0.2) is 43.1 Å². The van der Waals surface area contributed by atoms with Crippen LogP contribution in [0.5, 0.6) is 5.75 Å². The Morgan fingerprint density at radius 3 is 2.79 bits per heavy atom.